The number of amides is 1. The Morgan fingerprint density at radius 1 is 1.12 bits per heavy atom. The third kappa shape index (κ3) is 2.44. The Morgan fingerprint density at radius 2 is 1.65 bits per heavy atom. The first-order valence-electron chi connectivity index (χ1n) is 5.85. The Hall–Kier alpha value is -1.49. The summed E-state index contributed by atoms with van der Waals surface area (Å²) < 4.78 is 0. The molecule has 1 aliphatic heterocycles. The quantitative estimate of drug-likeness (QED) is 0.709. The number of carbonyl (C=O) groups is 1. The van der Waals surface area contributed by atoms with Crippen LogP contribution >= 0.6 is 0 Å². The van der Waals surface area contributed by atoms with Crippen LogP contribution in [0.2, 0.25) is 0 Å². The summed E-state index contributed by atoms with van der Waals surface area (Å²) in [4.78, 5) is 24.7. The second-order valence-electron chi connectivity index (χ2n) is 4.51. The van der Waals surface area contributed by atoms with Crippen LogP contribution in [-0.2, 0) is 0 Å². The number of hydrogen-bond acceptors (Lipinski definition) is 4. The van der Waals surface area contributed by atoms with Crippen LogP contribution < -0.4 is 0 Å². The minimum Gasteiger partial charge on any atom is -0.336 e. The minimum atomic E-state index is 0.0636. The van der Waals surface area contributed by atoms with Crippen molar-refractivity contribution in [3.8, 4) is 0 Å². The lowest BCUT2D eigenvalue weighted by Crippen LogP contribution is -2.47. The fraction of sp³-hybridized carbons (Fsp3) is 0.583. The molecule has 0 saturated carbocycles. The highest BCUT2D eigenvalue weighted by Crippen LogP contribution is 2.13. The fourth-order valence-electron chi connectivity index (χ4n) is 2.07. The molecule has 0 radical (unpaired) electrons. The van der Waals surface area contributed by atoms with Crippen LogP contribution in [0, 0.1) is 13.8 Å². The van der Waals surface area contributed by atoms with Gasteiger partial charge < -0.3 is 9.80 Å². The van der Waals surface area contributed by atoms with Gasteiger partial charge in [-0.1, -0.05) is 0 Å². The normalized spacial score (nSPS) is 17.2. The van der Waals surface area contributed by atoms with Crippen LogP contribution in [0.15, 0.2) is 6.33 Å². The largest absolute Gasteiger partial charge is 0.336 e. The van der Waals surface area contributed by atoms with E-state index in [9.17, 15) is 4.79 Å². The molecule has 0 atom stereocenters. The highest BCUT2D eigenvalue weighted by molar-refractivity contribution is 5.96. The third-order valence-corrected chi connectivity index (χ3v) is 3.23. The first-order chi connectivity index (χ1) is 8.09. The number of piperazine rings is 1. The molecule has 1 aromatic rings. The summed E-state index contributed by atoms with van der Waals surface area (Å²) in [5.41, 5.74) is 2.19. The smallest absolute Gasteiger partial charge is 0.257 e. The lowest BCUT2D eigenvalue weighted by Gasteiger charge is -2.32. The van der Waals surface area contributed by atoms with Crippen molar-refractivity contribution < 1.29 is 4.79 Å². The highest BCUT2D eigenvalue weighted by Gasteiger charge is 2.23. The maximum atomic E-state index is 12.4. The number of aryl methyl sites for hydroxylation is 2. The number of carbonyl (C=O) groups excluding carboxylic acids is 1. The molecule has 5 nitrogen and oxygen atoms in total. The molecular weight excluding hydrogens is 216 g/mol. The average Bonchev–Trinajstić information content (AvgIpc) is 2.29. The molecule has 1 aromatic heterocycles. The molecule has 1 amide bonds. The van der Waals surface area contributed by atoms with E-state index in [1.54, 1.807) is 0 Å². The van der Waals surface area contributed by atoms with Crippen molar-refractivity contribution >= 4 is 5.91 Å². The van der Waals surface area contributed by atoms with Crippen LogP contribution in [0.5, 0.6) is 0 Å². The van der Waals surface area contributed by atoms with Crippen molar-refractivity contribution in [2.75, 3.05) is 33.2 Å². The van der Waals surface area contributed by atoms with E-state index in [1.165, 1.54) is 6.33 Å². The second-order valence-corrected chi connectivity index (χ2v) is 4.51. The summed E-state index contributed by atoms with van der Waals surface area (Å²) in [6, 6.07) is 0. The summed E-state index contributed by atoms with van der Waals surface area (Å²) >= 11 is 0. The van der Waals surface area contributed by atoms with E-state index in [2.05, 4.69) is 21.9 Å². The molecule has 0 spiro atoms. The molecule has 1 fully saturated rings. The molecule has 2 heterocycles. The van der Waals surface area contributed by atoms with Gasteiger partial charge in [-0.25, -0.2) is 9.97 Å². The Kier molecular flexibility index (Phi) is 3.38. The molecular formula is C12H18N4O. The Balaban J connectivity index is 2.20. The van der Waals surface area contributed by atoms with Gasteiger partial charge in [0.05, 0.1) is 17.0 Å². The molecule has 1 saturated heterocycles. The summed E-state index contributed by atoms with van der Waals surface area (Å²) in [5, 5.41) is 0. The standard InChI is InChI=1S/C12H18N4O/c1-9-11(10(2)14-8-13-9)12(17)16-6-4-15(3)5-7-16/h8H,4-7H2,1-3H3. The van der Waals surface area contributed by atoms with E-state index in [4.69, 9.17) is 0 Å². The average molecular weight is 234 g/mol. The molecule has 0 aliphatic carbocycles. The zero-order valence-corrected chi connectivity index (χ0v) is 10.6. The second kappa shape index (κ2) is 4.79. The van der Waals surface area contributed by atoms with Gasteiger partial charge >= 0.3 is 0 Å². The molecule has 0 bridgehead atoms. The van der Waals surface area contributed by atoms with Crippen molar-refractivity contribution in [2.24, 2.45) is 0 Å². The monoisotopic (exact) mass is 234 g/mol. The van der Waals surface area contributed by atoms with Gasteiger partial charge in [-0.2, -0.15) is 0 Å². The summed E-state index contributed by atoms with van der Waals surface area (Å²) in [6.07, 6.45) is 1.51. The van der Waals surface area contributed by atoms with Gasteiger partial charge in [0.1, 0.15) is 6.33 Å². The lowest BCUT2D eigenvalue weighted by molar-refractivity contribution is 0.0661. The molecule has 2 rings (SSSR count). The van der Waals surface area contributed by atoms with Gasteiger partial charge in [-0.3, -0.25) is 4.79 Å². The number of aromatic nitrogens is 2. The molecule has 0 aromatic carbocycles. The van der Waals surface area contributed by atoms with Gasteiger partial charge in [0, 0.05) is 26.2 Å². The lowest BCUT2D eigenvalue weighted by atomic mass is 10.1. The van der Waals surface area contributed by atoms with Crippen LogP contribution in [0.1, 0.15) is 21.7 Å². The van der Waals surface area contributed by atoms with E-state index >= 15 is 0 Å². The van der Waals surface area contributed by atoms with Crippen molar-refractivity contribution in [3.63, 3.8) is 0 Å². The fourth-order valence-corrected chi connectivity index (χ4v) is 2.07. The van der Waals surface area contributed by atoms with Gasteiger partial charge in [0.2, 0.25) is 0 Å². The Bertz CT molecular complexity index is 404. The van der Waals surface area contributed by atoms with Gasteiger partial charge in [-0.15, -0.1) is 0 Å². The SMILES string of the molecule is Cc1ncnc(C)c1C(=O)N1CCN(C)CC1. The molecule has 5 heteroatoms. The minimum absolute atomic E-state index is 0.0636. The van der Waals surface area contributed by atoms with Crippen LogP contribution in [0.3, 0.4) is 0 Å². The van der Waals surface area contributed by atoms with E-state index in [1.807, 2.05) is 18.7 Å². The van der Waals surface area contributed by atoms with Crippen molar-refractivity contribution in [1.29, 1.82) is 0 Å². The Morgan fingerprint density at radius 3 is 2.18 bits per heavy atom. The van der Waals surface area contributed by atoms with E-state index in [-0.39, 0.29) is 5.91 Å². The molecule has 0 N–H and O–H groups in total. The van der Waals surface area contributed by atoms with Gasteiger partial charge in [0.15, 0.2) is 0 Å². The highest BCUT2D eigenvalue weighted by atomic mass is 16.2. The summed E-state index contributed by atoms with van der Waals surface area (Å²) in [7, 11) is 2.07. The van der Waals surface area contributed by atoms with Crippen molar-refractivity contribution in [3.05, 3.63) is 23.3 Å². The molecule has 17 heavy (non-hydrogen) atoms. The molecule has 92 valence electrons. The predicted octanol–water partition coefficient (Wildman–Crippen LogP) is 0.481. The first-order valence-corrected chi connectivity index (χ1v) is 5.85. The Labute approximate surface area is 101 Å². The summed E-state index contributed by atoms with van der Waals surface area (Å²) in [6.45, 7) is 7.14. The summed E-state index contributed by atoms with van der Waals surface area (Å²) in [5.74, 6) is 0.0636. The number of hydrogen-bond donors (Lipinski definition) is 0. The maximum absolute atomic E-state index is 12.4. The topological polar surface area (TPSA) is 49.3 Å². The van der Waals surface area contributed by atoms with E-state index in [0.717, 1.165) is 37.6 Å². The number of likely N-dealkylation sites (N-methyl/N-ethyl adjacent to an activating group) is 1. The number of rotatable bonds is 1. The zero-order valence-electron chi connectivity index (χ0n) is 10.6. The number of nitrogens with zero attached hydrogens (tertiary/aromatic N) is 4. The predicted molar refractivity (Wildman–Crippen MR) is 64.9 cm³/mol. The van der Waals surface area contributed by atoms with Crippen molar-refractivity contribution in [2.45, 2.75) is 13.8 Å². The van der Waals surface area contributed by atoms with Crippen LogP contribution in [0.4, 0.5) is 0 Å². The molecule has 1 aliphatic rings. The molecule has 0 unspecified atom stereocenters. The van der Waals surface area contributed by atoms with Gasteiger partial charge in [0.25, 0.3) is 5.91 Å². The maximum Gasteiger partial charge on any atom is 0.257 e. The first kappa shape index (κ1) is 12.0. The van der Waals surface area contributed by atoms with Crippen LogP contribution in [-0.4, -0.2) is 58.9 Å². The van der Waals surface area contributed by atoms with Gasteiger partial charge in [-0.05, 0) is 20.9 Å². The van der Waals surface area contributed by atoms with Crippen LogP contribution in [0.25, 0.3) is 0 Å². The van der Waals surface area contributed by atoms with E-state index in [0.29, 0.717) is 5.56 Å². The van der Waals surface area contributed by atoms with Crippen molar-refractivity contribution in [1.82, 2.24) is 19.8 Å². The third-order valence-electron chi connectivity index (χ3n) is 3.23. The van der Waals surface area contributed by atoms with E-state index < -0.39 is 0 Å². The zero-order chi connectivity index (χ0) is 12.4.